The molecule has 0 amide bonds. The largest absolute Gasteiger partial charge is 0.271 e. The summed E-state index contributed by atoms with van der Waals surface area (Å²) in [5.74, 6) is 6.51. The van der Waals surface area contributed by atoms with Crippen molar-refractivity contribution in [2.75, 3.05) is 0 Å². The molecule has 1 heterocycles. The molecule has 2 nitrogen and oxygen atoms in total. The minimum atomic E-state index is 0.199. The van der Waals surface area contributed by atoms with Gasteiger partial charge in [-0.15, -0.1) is 0 Å². The molecule has 0 spiro atoms. The van der Waals surface area contributed by atoms with E-state index in [1.165, 1.54) is 36.0 Å². The lowest BCUT2D eigenvalue weighted by atomic mass is 9.80. The Morgan fingerprint density at radius 1 is 1.21 bits per heavy atom. The second-order valence-electron chi connectivity index (χ2n) is 5.35. The van der Waals surface area contributed by atoms with Gasteiger partial charge in [0, 0.05) is 0 Å². The molecule has 3 rings (SSSR count). The van der Waals surface area contributed by atoms with E-state index >= 15 is 0 Å². The third-order valence-corrected chi connectivity index (χ3v) is 4.87. The van der Waals surface area contributed by atoms with Crippen LogP contribution in [-0.4, -0.2) is 0 Å². The van der Waals surface area contributed by atoms with Crippen molar-refractivity contribution in [2.45, 2.75) is 37.6 Å². The van der Waals surface area contributed by atoms with E-state index in [1.807, 2.05) is 0 Å². The van der Waals surface area contributed by atoms with E-state index in [1.54, 1.807) is 11.3 Å². The van der Waals surface area contributed by atoms with Gasteiger partial charge in [0.25, 0.3) is 0 Å². The molecule has 0 radical (unpaired) electrons. The van der Waals surface area contributed by atoms with E-state index in [2.05, 4.69) is 46.5 Å². The second kappa shape index (κ2) is 5.87. The molecule has 1 aliphatic carbocycles. The van der Waals surface area contributed by atoms with Crippen molar-refractivity contribution in [1.82, 2.24) is 5.43 Å². The van der Waals surface area contributed by atoms with Crippen molar-refractivity contribution in [3.63, 3.8) is 0 Å². The van der Waals surface area contributed by atoms with Crippen molar-refractivity contribution in [3.8, 4) is 0 Å². The van der Waals surface area contributed by atoms with E-state index in [0.29, 0.717) is 0 Å². The Morgan fingerprint density at radius 2 is 2.00 bits per heavy atom. The number of hydrogen-bond acceptors (Lipinski definition) is 3. The highest BCUT2D eigenvalue weighted by atomic mass is 32.1. The lowest BCUT2D eigenvalue weighted by Crippen LogP contribution is -2.29. The number of nitrogens with one attached hydrogen (secondary N) is 1. The summed E-state index contributed by atoms with van der Waals surface area (Å²) in [5, 5.41) is 4.30. The van der Waals surface area contributed by atoms with Crippen LogP contribution in [0.3, 0.4) is 0 Å². The molecule has 0 bridgehead atoms. The van der Waals surface area contributed by atoms with Crippen LogP contribution in [0.25, 0.3) is 0 Å². The highest BCUT2D eigenvalue weighted by Crippen LogP contribution is 2.36. The third kappa shape index (κ3) is 2.89. The van der Waals surface area contributed by atoms with Crippen LogP contribution in [0.15, 0.2) is 41.1 Å². The van der Waals surface area contributed by atoms with Crippen molar-refractivity contribution in [3.05, 3.63) is 57.8 Å². The van der Waals surface area contributed by atoms with E-state index in [9.17, 15) is 0 Å². The van der Waals surface area contributed by atoms with Crippen LogP contribution in [0.1, 0.15) is 47.9 Å². The monoisotopic (exact) mass is 272 g/mol. The Bertz CT molecular complexity index is 500. The first-order valence-electron chi connectivity index (χ1n) is 6.94. The summed E-state index contributed by atoms with van der Waals surface area (Å²) >= 11 is 1.74. The Morgan fingerprint density at radius 3 is 2.53 bits per heavy atom. The van der Waals surface area contributed by atoms with Gasteiger partial charge in [0.1, 0.15) is 0 Å². The molecule has 0 aliphatic heterocycles. The topological polar surface area (TPSA) is 38.0 Å². The average molecular weight is 272 g/mol. The average Bonchev–Trinajstić information content (AvgIpc) is 2.88. The standard InChI is InChI=1S/C16H20N2S/c17-18-16(10-12-8-9-19-11-12)15-6-4-14(5-7-15)13-2-1-3-13/h4-9,11,13,16,18H,1-3,10,17H2. The molecule has 1 aliphatic rings. The summed E-state index contributed by atoms with van der Waals surface area (Å²) in [6.45, 7) is 0. The summed E-state index contributed by atoms with van der Waals surface area (Å²) in [5.41, 5.74) is 7.04. The number of rotatable bonds is 5. The molecular formula is C16H20N2S. The van der Waals surface area contributed by atoms with Gasteiger partial charge in [0.05, 0.1) is 6.04 Å². The minimum Gasteiger partial charge on any atom is -0.271 e. The van der Waals surface area contributed by atoms with Gasteiger partial charge in [0.2, 0.25) is 0 Å². The molecular weight excluding hydrogens is 252 g/mol. The molecule has 1 saturated carbocycles. The summed E-state index contributed by atoms with van der Waals surface area (Å²) in [7, 11) is 0. The van der Waals surface area contributed by atoms with Crippen LogP contribution in [-0.2, 0) is 6.42 Å². The summed E-state index contributed by atoms with van der Waals surface area (Å²) in [6.07, 6.45) is 5.04. The van der Waals surface area contributed by atoms with Crippen molar-refractivity contribution < 1.29 is 0 Å². The molecule has 0 saturated heterocycles. The molecule has 100 valence electrons. The summed E-state index contributed by atoms with van der Waals surface area (Å²) in [4.78, 5) is 0. The van der Waals surface area contributed by atoms with Gasteiger partial charge in [0.15, 0.2) is 0 Å². The van der Waals surface area contributed by atoms with Crippen molar-refractivity contribution >= 4 is 11.3 Å². The maximum absolute atomic E-state index is 5.71. The second-order valence-corrected chi connectivity index (χ2v) is 6.13. The maximum atomic E-state index is 5.71. The minimum absolute atomic E-state index is 0.199. The molecule has 1 unspecified atom stereocenters. The Hall–Kier alpha value is -1.16. The van der Waals surface area contributed by atoms with E-state index < -0.39 is 0 Å². The van der Waals surface area contributed by atoms with Gasteiger partial charge in [-0.1, -0.05) is 30.7 Å². The molecule has 1 aromatic carbocycles. The fraction of sp³-hybridized carbons (Fsp3) is 0.375. The summed E-state index contributed by atoms with van der Waals surface area (Å²) < 4.78 is 0. The predicted molar refractivity (Wildman–Crippen MR) is 81.1 cm³/mol. The van der Waals surface area contributed by atoms with Crippen LogP contribution in [0.5, 0.6) is 0 Å². The van der Waals surface area contributed by atoms with Gasteiger partial charge >= 0.3 is 0 Å². The van der Waals surface area contributed by atoms with Gasteiger partial charge in [-0.05, 0) is 58.7 Å². The fourth-order valence-corrected chi connectivity index (χ4v) is 3.34. The van der Waals surface area contributed by atoms with Gasteiger partial charge in [-0.3, -0.25) is 11.3 Å². The zero-order valence-electron chi connectivity index (χ0n) is 11.0. The van der Waals surface area contributed by atoms with Crippen molar-refractivity contribution in [1.29, 1.82) is 0 Å². The first-order valence-corrected chi connectivity index (χ1v) is 7.88. The third-order valence-electron chi connectivity index (χ3n) is 4.14. The molecule has 1 fully saturated rings. The first kappa shape index (κ1) is 12.9. The molecule has 19 heavy (non-hydrogen) atoms. The molecule has 3 heteroatoms. The van der Waals surface area contributed by atoms with Gasteiger partial charge in [-0.2, -0.15) is 11.3 Å². The van der Waals surface area contributed by atoms with Crippen LogP contribution in [0, 0.1) is 0 Å². The maximum Gasteiger partial charge on any atom is 0.0500 e. The normalized spacial score (nSPS) is 17.1. The van der Waals surface area contributed by atoms with Crippen LogP contribution >= 0.6 is 11.3 Å². The zero-order chi connectivity index (χ0) is 13.1. The lowest BCUT2D eigenvalue weighted by Gasteiger charge is -2.26. The molecule has 2 aromatic rings. The molecule has 3 N–H and O–H groups in total. The van der Waals surface area contributed by atoms with Crippen LogP contribution in [0.4, 0.5) is 0 Å². The smallest absolute Gasteiger partial charge is 0.0500 e. The predicted octanol–water partition coefficient (Wildman–Crippen LogP) is 3.76. The van der Waals surface area contributed by atoms with E-state index in [4.69, 9.17) is 5.84 Å². The first-order chi connectivity index (χ1) is 9.36. The van der Waals surface area contributed by atoms with Crippen molar-refractivity contribution in [2.24, 2.45) is 5.84 Å². The number of hydrazine groups is 1. The van der Waals surface area contributed by atoms with Gasteiger partial charge < -0.3 is 0 Å². The zero-order valence-corrected chi connectivity index (χ0v) is 11.8. The SMILES string of the molecule is NNC(Cc1ccsc1)c1ccc(C2CCC2)cc1. The number of nitrogens with two attached hydrogens (primary N) is 1. The van der Waals surface area contributed by atoms with E-state index in [0.717, 1.165) is 12.3 Å². The van der Waals surface area contributed by atoms with Gasteiger partial charge in [-0.25, -0.2) is 0 Å². The highest BCUT2D eigenvalue weighted by Gasteiger charge is 2.19. The number of thiophene rings is 1. The molecule has 1 atom stereocenters. The number of benzene rings is 1. The number of hydrogen-bond donors (Lipinski definition) is 2. The Balaban J connectivity index is 1.71. The summed E-state index contributed by atoms with van der Waals surface area (Å²) in [6, 6.07) is 11.4. The lowest BCUT2D eigenvalue weighted by molar-refractivity contribution is 0.419. The molecule has 1 aromatic heterocycles. The Labute approximate surface area is 118 Å². The van der Waals surface area contributed by atoms with Crippen LogP contribution in [0.2, 0.25) is 0 Å². The van der Waals surface area contributed by atoms with Crippen LogP contribution < -0.4 is 11.3 Å². The Kier molecular flexibility index (Phi) is 3.97. The fourth-order valence-electron chi connectivity index (χ4n) is 2.66. The quantitative estimate of drug-likeness (QED) is 0.642. The van der Waals surface area contributed by atoms with E-state index in [-0.39, 0.29) is 6.04 Å². The highest BCUT2D eigenvalue weighted by molar-refractivity contribution is 7.07.